The molecule has 94 valence electrons. The first-order chi connectivity index (χ1) is 8.70. The largest absolute Gasteiger partial charge is 0.376 e. The van der Waals surface area contributed by atoms with Gasteiger partial charge < -0.3 is 9.88 Å². The lowest BCUT2D eigenvalue weighted by Crippen LogP contribution is -2.18. The van der Waals surface area contributed by atoms with Crippen molar-refractivity contribution in [3.05, 3.63) is 58.8 Å². The Morgan fingerprint density at radius 2 is 2.17 bits per heavy atom. The number of pyridine rings is 2. The van der Waals surface area contributed by atoms with Crippen LogP contribution in [0.15, 0.2) is 47.5 Å². The number of rotatable bonds is 4. The fourth-order valence-corrected chi connectivity index (χ4v) is 1.82. The molecule has 0 aromatic carbocycles. The summed E-state index contributed by atoms with van der Waals surface area (Å²) in [6, 6.07) is 9.33. The van der Waals surface area contributed by atoms with Crippen molar-refractivity contribution in [2.75, 3.05) is 5.32 Å². The lowest BCUT2D eigenvalue weighted by atomic mass is 10.2. The molecule has 4 nitrogen and oxygen atoms in total. The molecule has 0 saturated carbocycles. The zero-order valence-electron chi connectivity index (χ0n) is 10.6. The Morgan fingerprint density at radius 3 is 2.83 bits per heavy atom. The number of aromatic nitrogens is 2. The predicted molar refractivity (Wildman–Crippen MR) is 72.7 cm³/mol. The molecule has 2 aromatic rings. The molecule has 0 bridgehead atoms. The Morgan fingerprint density at radius 1 is 1.33 bits per heavy atom. The summed E-state index contributed by atoms with van der Waals surface area (Å²) in [6.45, 7) is 4.67. The van der Waals surface area contributed by atoms with Crippen LogP contribution >= 0.6 is 0 Å². The zero-order chi connectivity index (χ0) is 13.0. The Kier molecular flexibility index (Phi) is 3.77. The van der Waals surface area contributed by atoms with Crippen LogP contribution in [0.25, 0.3) is 0 Å². The molecule has 0 amide bonds. The average Bonchev–Trinajstić information content (AvgIpc) is 2.42. The van der Waals surface area contributed by atoms with Gasteiger partial charge in [-0.15, -0.1) is 0 Å². The van der Waals surface area contributed by atoms with Crippen LogP contribution in [0.5, 0.6) is 0 Å². The van der Waals surface area contributed by atoms with Crippen LogP contribution in [0.4, 0.5) is 5.69 Å². The van der Waals surface area contributed by atoms with Gasteiger partial charge in [0, 0.05) is 25.0 Å². The number of hydrogen-bond acceptors (Lipinski definition) is 3. The van der Waals surface area contributed by atoms with Crippen LogP contribution in [0.2, 0.25) is 0 Å². The predicted octanol–water partition coefficient (Wildman–Crippen LogP) is 2.44. The highest BCUT2D eigenvalue weighted by atomic mass is 16.1. The summed E-state index contributed by atoms with van der Waals surface area (Å²) in [6.07, 6.45) is 3.61. The smallest absolute Gasteiger partial charge is 0.250 e. The molecular formula is C14H17N3O. The minimum absolute atomic E-state index is 0.0218. The van der Waals surface area contributed by atoms with E-state index in [1.165, 1.54) is 0 Å². The van der Waals surface area contributed by atoms with E-state index in [4.69, 9.17) is 0 Å². The third kappa shape index (κ3) is 2.77. The van der Waals surface area contributed by atoms with Crippen LogP contribution in [0, 0.1) is 0 Å². The Hall–Kier alpha value is -2.10. The van der Waals surface area contributed by atoms with E-state index in [2.05, 4.69) is 10.3 Å². The van der Waals surface area contributed by atoms with Crippen LogP contribution in [-0.4, -0.2) is 9.55 Å². The van der Waals surface area contributed by atoms with E-state index in [1.807, 2.05) is 38.2 Å². The molecule has 2 rings (SSSR count). The topological polar surface area (TPSA) is 46.9 Å². The van der Waals surface area contributed by atoms with E-state index < -0.39 is 0 Å². The first kappa shape index (κ1) is 12.4. The number of aryl methyl sites for hydroxylation is 1. The maximum absolute atomic E-state index is 11.5. The SMILES string of the molecule is CCn1cc(NC(C)c2ccccn2)ccc1=O. The molecule has 0 radical (unpaired) electrons. The van der Waals surface area contributed by atoms with E-state index in [0.29, 0.717) is 6.54 Å². The van der Waals surface area contributed by atoms with E-state index in [-0.39, 0.29) is 11.6 Å². The monoisotopic (exact) mass is 243 g/mol. The van der Waals surface area contributed by atoms with Gasteiger partial charge in [0.15, 0.2) is 0 Å². The second-order valence-corrected chi connectivity index (χ2v) is 4.16. The Labute approximate surface area is 106 Å². The van der Waals surface area contributed by atoms with Gasteiger partial charge in [0.05, 0.1) is 17.4 Å². The lowest BCUT2D eigenvalue weighted by Gasteiger charge is -2.15. The van der Waals surface area contributed by atoms with E-state index in [1.54, 1.807) is 22.9 Å². The van der Waals surface area contributed by atoms with Gasteiger partial charge in [-0.25, -0.2) is 0 Å². The van der Waals surface area contributed by atoms with Gasteiger partial charge in [0.2, 0.25) is 0 Å². The highest BCUT2D eigenvalue weighted by molar-refractivity contribution is 5.42. The van der Waals surface area contributed by atoms with E-state index in [9.17, 15) is 4.79 Å². The van der Waals surface area contributed by atoms with Crippen LogP contribution in [-0.2, 0) is 6.54 Å². The van der Waals surface area contributed by atoms with Crippen molar-refractivity contribution < 1.29 is 0 Å². The summed E-state index contributed by atoms with van der Waals surface area (Å²) in [4.78, 5) is 15.8. The number of nitrogens with one attached hydrogen (secondary N) is 1. The maximum atomic E-state index is 11.5. The molecule has 2 heterocycles. The first-order valence-corrected chi connectivity index (χ1v) is 6.08. The lowest BCUT2D eigenvalue weighted by molar-refractivity contribution is 0.724. The molecule has 18 heavy (non-hydrogen) atoms. The third-order valence-corrected chi connectivity index (χ3v) is 2.84. The summed E-state index contributed by atoms with van der Waals surface area (Å²) in [5, 5.41) is 3.34. The van der Waals surface area contributed by atoms with Crippen molar-refractivity contribution in [1.29, 1.82) is 0 Å². The summed E-state index contributed by atoms with van der Waals surface area (Å²) in [5.74, 6) is 0. The Bertz CT molecular complexity index is 563. The quantitative estimate of drug-likeness (QED) is 0.897. The highest BCUT2D eigenvalue weighted by Crippen LogP contribution is 2.15. The molecule has 4 heteroatoms. The van der Waals surface area contributed by atoms with E-state index >= 15 is 0 Å². The average molecular weight is 243 g/mol. The third-order valence-electron chi connectivity index (χ3n) is 2.84. The Balaban J connectivity index is 2.17. The minimum Gasteiger partial charge on any atom is -0.376 e. The van der Waals surface area contributed by atoms with Crippen LogP contribution < -0.4 is 10.9 Å². The standard InChI is InChI=1S/C14H17N3O/c1-3-17-10-12(7-8-14(17)18)16-11(2)13-6-4-5-9-15-13/h4-11,16H,3H2,1-2H3. The van der Waals surface area contributed by atoms with Gasteiger partial charge >= 0.3 is 0 Å². The summed E-state index contributed by atoms with van der Waals surface area (Å²) in [7, 11) is 0. The first-order valence-electron chi connectivity index (χ1n) is 6.08. The molecule has 1 atom stereocenters. The molecular weight excluding hydrogens is 226 g/mol. The fourth-order valence-electron chi connectivity index (χ4n) is 1.82. The fraction of sp³-hybridized carbons (Fsp3) is 0.286. The molecule has 0 aliphatic heterocycles. The van der Waals surface area contributed by atoms with Crippen molar-refractivity contribution in [3.8, 4) is 0 Å². The van der Waals surface area contributed by atoms with Gasteiger partial charge in [-0.3, -0.25) is 9.78 Å². The molecule has 2 aromatic heterocycles. The van der Waals surface area contributed by atoms with Crippen LogP contribution in [0.3, 0.4) is 0 Å². The van der Waals surface area contributed by atoms with Gasteiger partial charge in [0.1, 0.15) is 0 Å². The van der Waals surface area contributed by atoms with Gasteiger partial charge in [-0.05, 0) is 32.0 Å². The highest BCUT2D eigenvalue weighted by Gasteiger charge is 2.06. The molecule has 0 fully saturated rings. The molecule has 1 N–H and O–H groups in total. The summed E-state index contributed by atoms with van der Waals surface area (Å²) in [5.41, 5.74) is 1.93. The number of hydrogen-bond donors (Lipinski definition) is 1. The van der Waals surface area contributed by atoms with Gasteiger partial charge in [0.25, 0.3) is 5.56 Å². The van der Waals surface area contributed by atoms with Gasteiger partial charge in [-0.2, -0.15) is 0 Å². The van der Waals surface area contributed by atoms with E-state index in [0.717, 1.165) is 11.4 Å². The zero-order valence-corrected chi connectivity index (χ0v) is 10.6. The molecule has 0 aliphatic carbocycles. The van der Waals surface area contributed by atoms with Crippen molar-refractivity contribution in [1.82, 2.24) is 9.55 Å². The van der Waals surface area contributed by atoms with Crippen molar-refractivity contribution in [2.45, 2.75) is 26.4 Å². The number of nitrogens with zero attached hydrogens (tertiary/aromatic N) is 2. The number of anilines is 1. The second-order valence-electron chi connectivity index (χ2n) is 4.16. The molecule has 0 spiro atoms. The summed E-state index contributed by atoms with van der Waals surface area (Å²) < 4.78 is 1.67. The summed E-state index contributed by atoms with van der Waals surface area (Å²) >= 11 is 0. The molecule has 1 unspecified atom stereocenters. The molecule has 0 aliphatic rings. The molecule has 0 saturated heterocycles. The second kappa shape index (κ2) is 5.49. The van der Waals surface area contributed by atoms with Gasteiger partial charge in [-0.1, -0.05) is 6.07 Å². The normalized spacial score (nSPS) is 12.1. The van der Waals surface area contributed by atoms with Crippen molar-refractivity contribution >= 4 is 5.69 Å². The minimum atomic E-state index is 0.0218. The van der Waals surface area contributed by atoms with Crippen molar-refractivity contribution in [3.63, 3.8) is 0 Å². The maximum Gasteiger partial charge on any atom is 0.250 e. The van der Waals surface area contributed by atoms with Crippen molar-refractivity contribution in [2.24, 2.45) is 0 Å². The van der Waals surface area contributed by atoms with Crippen LogP contribution in [0.1, 0.15) is 25.6 Å².